The summed E-state index contributed by atoms with van der Waals surface area (Å²) in [5.74, 6) is 1.47. The lowest BCUT2D eigenvalue weighted by molar-refractivity contribution is -0.115. The fourth-order valence-corrected chi connectivity index (χ4v) is 5.50. The zero-order valence-corrected chi connectivity index (χ0v) is 22.3. The van der Waals surface area contributed by atoms with Crippen LogP contribution >= 0.6 is 11.6 Å². The monoisotopic (exact) mass is 537 g/mol. The number of sulfone groups is 1. The number of halogens is 1. The Morgan fingerprint density at radius 2 is 1.76 bits per heavy atom. The quantitative estimate of drug-likeness (QED) is 0.293. The van der Waals surface area contributed by atoms with Crippen molar-refractivity contribution in [3.05, 3.63) is 83.1 Å². The predicted octanol–water partition coefficient (Wildman–Crippen LogP) is 5.75. The SMILES string of the molecule is CCn1c(C2(Oc3ccc(NC(=O)Cc4ccc(S(=O)(=O)CC)cc4)cc3)CC2)nc2ccc(Cl)cc21. The van der Waals surface area contributed by atoms with Crippen molar-refractivity contribution in [1.29, 1.82) is 0 Å². The molecule has 0 saturated heterocycles. The molecule has 7 nitrogen and oxygen atoms in total. The Morgan fingerprint density at radius 3 is 2.38 bits per heavy atom. The molecule has 0 spiro atoms. The zero-order valence-electron chi connectivity index (χ0n) is 20.7. The van der Waals surface area contributed by atoms with Gasteiger partial charge in [-0.25, -0.2) is 13.4 Å². The second kappa shape index (κ2) is 9.84. The third-order valence-electron chi connectivity index (χ3n) is 6.62. The zero-order chi connectivity index (χ0) is 26.2. The number of hydrogen-bond donors (Lipinski definition) is 1. The smallest absolute Gasteiger partial charge is 0.228 e. The molecule has 0 bridgehead atoms. The first kappa shape index (κ1) is 25.3. The van der Waals surface area contributed by atoms with Crippen molar-refractivity contribution >= 4 is 44.1 Å². The van der Waals surface area contributed by atoms with Crippen molar-refractivity contribution in [2.45, 2.75) is 50.2 Å². The number of anilines is 1. The van der Waals surface area contributed by atoms with Gasteiger partial charge in [-0.2, -0.15) is 0 Å². The van der Waals surface area contributed by atoms with E-state index in [9.17, 15) is 13.2 Å². The number of nitrogens with one attached hydrogen (secondary N) is 1. The van der Waals surface area contributed by atoms with Crippen LogP contribution in [0.4, 0.5) is 5.69 Å². The number of rotatable bonds is 9. The molecule has 0 unspecified atom stereocenters. The van der Waals surface area contributed by atoms with Gasteiger partial charge < -0.3 is 14.6 Å². The molecular formula is C28H28ClN3O4S. The Bertz CT molecular complexity index is 1560. The highest BCUT2D eigenvalue weighted by atomic mass is 35.5. The van der Waals surface area contributed by atoms with Crippen LogP contribution in [0.3, 0.4) is 0 Å². The van der Waals surface area contributed by atoms with Crippen LogP contribution in [0.15, 0.2) is 71.6 Å². The molecule has 37 heavy (non-hydrogen) atoms. The van der Waals surface area contributed by atoms with E-state index < -0.39 is 15.4 Å². The number of benzene rings is 3. The van der Waals surface area contributed by atoms with E-state index in [0.717, 1.165) is 41.8 Å². The van der Waals surface area contributed by atoms with Gasteiger partial charge in [-0.1, -0.05) is 30.7 Å². The molecule has 1 aliphatic carbocycles. The van der Waals surface area contributed by atoms with Gasteiger partial charge in [0.2, 0.25) is 5.91 Å². The van der Waals surface area contributed by atoms with Crippen LogP contribution in [0, 0.1) is 0 Å². The summed E-state index contributed by atoms with van der Waals surface area (Å²) < 4.78 is 32.5. The van der Waals surface area contributed by atoms with Gasteiger partial charge in [-0.05, 0) is 79.9 Å². The van der Waals surface area contributed by atoms with Gasteiger partial charge in [-0.3, -0.25) is 4.79 Å². The molecule has 0 aliphatic heterocycles. The van der Waals surface area contributed by atoms with Crippen molar-refractivity contribution in [3.8, 4) is 5.75 Å². The van der Waals surface area contributed by atoms with Crippen LogP contribution in [0.5, 0.6) is 5.75 Å². The van der Waals surface area contributed by atoms with Crippen molar-refractivity contribution < 1.29 is 17.9 Å². The number of aryl methyl sites for hydroxylation is 1. The maximum atomic E-state index is 12.5. The number of ether oxygens (including phenoxy) is 1. The lowest BCUT2D eigenvalue weighted by Gasteiger charge is -2.19. The van der Waals surface area contributed by atoms with E-state index in [2.05, 4.69) is 16.8 Å². The summed E-state index contributed by atoms with van der Waals surface area (Å²) in [6, 6.07) is 19.5. The largest absolute Gasteiger partial charge is 0.479 e. The summed E-state index contributed by atoms with van der Waals surface area (Å²) >= 11 is 6.22. The standard InChI is InChI=1S/C28H28ClN3O4S/c1-3-32-25-18-20(29)7-14-24(25)31-27(32)28(15-16-28)36-22-10-8-21(9-11-22)30-26(33)17-19-5-12-23(13-6-19)37(34,35)4-2/h5-14,18H,3-4,15-17H2,1-2H3,(H,30,33). The molecule has 5 rings (SSSR count). The summed E-state index contributed by atoms with van der Waals surface area (Å²) in [6.45, 7) is 4.45. The molecule has 0 atom stereocenters. The molecule has 1 aliphatic rings. The van der Waals surface area contributed by atoms with Crippen LogP contribution in [-0.2, 0) is 33.2 Å². The number of aromatic nitrogens is 2. The molecule has 1 fully saturated rings. The molecule has 1 heterocycles. The first-order valence-corrected chi connectivity index (χ1v) is 14.3. The lowest BCUT2D eigenvalue weighted by atomic mass is 10.1. The Balaban J connectivity index is 1.24. The molecule has 1 aromatic heterocycles. The van der Waals surface area contributed by atoms with E-state index in [-0.39, 0.29) is 23.0 Å². The molecular weight excluding hydrogens is 510 g/mol. The molecule has 9 heteroatoms. The fraction of sp³-hybridized carbons (Fsp3) is 0.286. The Hall–Kier alpha value is -3.36. The number of nitrogens with zero attached hydrogens (tertiary/aromatic N) is 2. The molecule has 4 aromatic rings. The number of carbonyl (C=O) groups is 1. The molecule has 1 saturated carbocycles. The number of imidazole rings is 1. The van der Waals surface area contributed by atoms with Crippen molar-refractivity contribution in [2.24, 2.45) is 0 Å². The summed E-state index contributed by atoms with van der Waals surface area (Å²) in [7, 11) is -3.26. The average molecular weight is 538 g/mol. The van der Waals surface area contributed by atoms with Gasteiger partial charge in [-0.15, -0.1) is 0 Å². The van der Waals surface area contributed by atoms with Crippen molar-refractivity contribution in [2.75, 3.05) is 11.1 Å². The molecule has 1 N–H and O–H groups in total. The third-order valence-corrected chi connectivity index (χ3v) is 8.60. The van der Waals surface area contributed by atoms with Gasteiger partial charge in [0.15, 0.2) is 21.3 Å². The minimum Gasteiger partial charge on any atom is -0.479 e. The second-order valence-corrected chi connectivity index (χ2v) is 11.9. The van der Waals surface area contributed by atoms with Gasteiger partial charge in [0.1, 0.15) is 5.75 Å². The summed E-state index contributed by atoms with van der Waals surface area (Å²) in [6.07, 6.45) is 1.90. The predicted molar refractivity (Wildman–Crippen MR) is 145 cm³/mol. The fourth-order valence-electron chi connectivity index (χ4n) is 4.45. The highest BCUT2D eigenvalue weighted by Crippen LogP contribution is 2.49. The van der Waals surface area contributed by atoms with Gasteiger partial charge in [0, 0.05) is 17.3 Å². The van der Waals surface area contributed by atoms with Gasteiger partial charge >= 0.3 is 0 Å². The minimum absolute atomic E-state index is 0.0428. The van der Waals surface area contributed by atoms with Gasteiger partial charge in [0.05, 0.1) is 28.1 Å². The maximum absolute atomic E-state index is 12.5. The van der Waals surface area contributed by atoms with Crippen LogP contribution in [-0.4, -0.2) is 29.6 Å². The first-order valence-electron chi connectivity index (χ1n) is 12.3. The Morgan fingerprint density at radius 1 is 1.05 bits per heavy atom. The molecule has 3 aromatic carbocycles. The van der Waals surface area contributed by atoms with Crippen LogP contribution in [0.25, 0.3) is 11.0 Å². The number of amides is 1. The average Bonchev–Trinajstić information content (AvgIpc) is 3.57. The van der Waals surface area contributed by atoms with Crippen molar-refractivity contribution in [1.82, 2.24) is 9.55 Å². The summed E-state index contributed by atoms with van der Waals surface area (Å²) in [4.78, 5) is 17.7. The van der Waals surface area contributed by atoms with E-state index in [1.165, 1.54) is 0 Å². The molecule has 1 amide bonds. The van der Waals surface area contributed by atoms with Crippen LogP contribution in [0.2, 0.25) is 5.02 Å². The van der Waals surface area contributed by atoms with E-state index in [1.54, 1.807) is 31.2 Å². The lowest BCUT2D eigenvalue weighted by Crippen LogP contribution is -2.21. The van der Waals surface area contributed by atoms with E-state index >= 15 is 0 Å². The highest BCUT2D eigenvalue weighted by Gasteiger charge is 2.51. The molecule has 192 valence electrons. The minimum atomic E-state index is -3.26. The van der Waals surface area contributed by atoms with Crippen LogP contribution in [0.1, 0.15) is 38.1 Å². The summed E-state index contributed by atoms with van der Waals surface area (Å²) in [5, 5.41) is 3.56. The number of carbonyl (C=O) groups excluding carboxylic acids is 1. The highest BCUT2D eigenvalue weighted by molar-refractivity contribution is 7.91. The second-order valence-electron chi connectivity index (χ2n) is 9.21. The van der Waals surface area contributed by atoms with E-state index in [0.29, 0.717) is 16.5 Å². The molecule has 0 radical (unpaired) electrons. The maximum Gasteiger partial charge on any atom is 0.228 e. The normalized spacial score (nSPS) is 14.5. The topological polar surface area (TPSA) is 90.3 Å². The van der Waals surface area contributed by atoms with Gasteiger partial charge in [0.25, 0.3) is 0 Å². The van der Waals surface area contributed by atoms with Crippen molar-refractivity contribution in [3.63, 3.8) is 0 Å². The van der Waals surface area contributed by atoms with E-state index in [4.69, 9.17) is 21.3 Å². The Kier molecular flexibility index (Phi) is 6.72. The Labute approximate surface area is 221 Å². The van der Waals surface area contributed by atoms with Crippen LogP contribution < -0.4 is 10.1 Å². The third kappa shape index (κ3) is 5.22. The number of hydrogen-bond acceptors (Lipinski definition) is 5. The number of fused-ring (bicyclic) bond motifs is 1. The summed E-state index contributed by atoms with van der Waals surface area (Å²) in [5.41, 5.74) is 2.82. The first-order chi connectivity index (χ1) is 17.7. The van der Waals surface area contributed by atoms with E-state index in [1.807, 2.05) is 42.5 Å².